The second-order valence-electron chi connectivity index (χ2n) is 3.68. The molecule has 3 rings (SSSR count). The van der Waals surface area contributed by atoms with E-state index in [0.717, 1.165) is 22.4 Å². The van der Waals surface area contributed by atoms with Gasteiger partial charge in [0, 0.05) is 35.9 Å². The van der Waals surface area contributed by atoms with Gasteiger partial charge in [-0.25, -0.2) is 0 Å². The van der Waals surface area contributed by atoms with Crippen molar-refractivity contribution in [2.75, 3.05) is 5.32 Å². The van der Waals surface area contributed by atoms with Crippen molar-refractivity contribution in [1.29, 1.82) is 0 Å². The lowest BCUT2D eigenvalue weighted by Gasteiger charge is -2.06. The van der Waals surface area contributed by atoms with Crippen molar-refractivity contribution in [3.63, 3.8) is 0 Å². The van der Waals surface area contributed by atoms with Gasteiger partial charge in [-0.1, -0.05) is 0 Å². The molecule has 0 aromatic carbocycles. The van der Waals surface area contributed by atoms with Gasteiger partial charge in [-0.15, -0.1) is 0 Å². The summed E-state index contributed by atoms with van der Waals surface area (Å²) in [7, 11) is 0. The first kappa shape index (κ1) is 9.03. The van der Waals surface area contributed by atoms with Gasteiger partial charge in [0.25, 0.3) is 0 Å². The molecule has 16 heavy (non-hydrogen) atoms. The minimum atomic E-state index is -0.00241. The summed E-state index contributed by atoms with van der Waals surface area (Å²) in [6.07, 6.45) is 7.28. The fraction of sp³-hybridized carbons (Fsp3) is 0.0833. The molecule has 0 bridgehead atoms. The molecule has 0 aliphatic carbocycles. The minimum Gasteiger partial charge on any atom is -0.325 e. The predicted molar refractivity (Wildman–Crippen MR) is 59.8 cm³/mol. The maximum atomic E-state index is 11.7. The van der Waals surface area contributed by atoms with Crippen molar-refractivity contribution in [3.05, 3.63) is 42.5 Å². The Morgan fingerprint density at radius 3 is 2.69 bits per heavy atom. The number of hydrogen-bond acceptors (Lipinski definition) is 3. The van der Waals surface area contributed by atoms with Crippen LogP contribution in [0.4, 0.5) is 5.69 Å². The number of aromatic nitrogens is 2. The summed E-state index contributed by atoms with van der Waals surface area (Å²) in [6, 6.07) is 3.67. The Hall–Kier alpha value is -2.23. The molecule has 78 valence electrons. The third kappa shape index (κ3) is 1.35. The van der Waals surface area contributed by atoms with Gasteiger partial charge in [-0.2, -0.15) is 0 Å². The first-order chi connectivity index (χ1) is 7.84. The summed E-state index contributed by atoms with van der Waals surface area (Å²) in [4.78, 5) is 19.8. The number of carbonyl (C=O) groups is 1. The molecule has 4 heteroatoms. The maximum Gasteiger partial charge on any atom is 0.228 e. The number of anilines is 1. The normalized spacial score (nSPS) is 13.4. The number of pyridine rings is 2. The highest BCUT2D eigenvalue weighted by molar-refractivity contribution is 6.00. The van der Waals surface area contributed by atoms with Crippen molar-refractivity contribution in [3.8, 4) is 11.1 Å². The monoisotopic (exact) mass is 211 g/mol. The van der Waals surface area contributed by atoms with Gasteiger partial charge >= 0.3 is 0 Å². The predicted octanol–water partition coefficient (Wildman–Crippen LogP) is 1.64. The van der Waals surface area contributed by atoms with Crippen molar-refractivity contribution in [2.24, 2.45) is 0 Å². The van der Waals surface area contributed by atoms with E-state index >= 15 is 0 Å². The third-order valence-corrected chi connectivity index (χ3v) is 2.65. The molecule has 2 aromatic heterocycles. The van der Waals surface area contributed by atoms with Crippen molar-refractivity contribution >= 4 is 11.6 Å². The zero-order chi connectivity index (χ0) is 11.0. The number of nitrogens with one attached hydrogen (secondary N) is 1. The Balaban J connectivity index is 2.30. The zero-order valence-corrected chi connectivity index (χ0v) is 8.47. The number of nitrogens with zero attached hydrogens (tertiary/aromatic N) is 2. The van der Waals surface area contributed by atoms with Gasteiger partial charge in [0.15, 0.2) is 0 Å². The Morgan fingerprint density at radius 1 is 1.06 bits per heavy atom. The molecule has 1 amide bonds. The number of rotatable bonds is 0. The van der Waals surface area contributed by atoms with E-state index in [2.05, 4.69) is 15.3 Å². The topological polar surface area (TPSA) is 54.9 Å². The van der Waals surface area contributed by atoms with E-state index in [1.165, 1.54) is 0 Å². The van der Waals surface area contributed by atoms with Crippen LogP contribution in [0.3, 0.4) is 0 Å². The standard InChI is InChI=1S/C12H9N3O/c16-12-5-8-1-3-13-6-9(8)10-7-14-4-2-11(10)15-12/h1-4,6-7H,5H2,(H,15,16). The lowest BCUT2D eigenvalue weighted by Crippen LogP contribution is -2.12. The fourth-order valence-corrected chi connectivity index (χ4v) is 1.91. The average molecular weight is 211 g/mol. The molecule has 0 radical (unpaired) electrons. The van der Waals surface area contributed by atoms with Crippen LogP contribution in [-0.2, 0) is 11.2 Å². The molecular weight excluding hydrogens is 202 g/mol. The van der Waals surface area contributed by atoms with Gasteiger partial charge in [0.05, 0.1) is 12.1 Å². The van der Waals surface area contributed by atoms with Gasteiger partial charge < -0.3 is 5.32 Å². The van der Waals surface area contributed by atoms with E-state index < -0.39 is 0 Å². The second-order valence-corrected chi connectivity index (χ2v) is 3.68. The van der Waals surface area contributed by atoms with Crippen LogP contribution in [0.2, 0.25) is 0 Å². The number of hydrogen-bond donors (Lipinski definition) is 1. The van der Waals surface area contributed by atoms with Gasteiger partial charge in [-0.05, 0) is 17.7 Å². The summed E-state index contributed by atoms with van der Waals surface area (Å²) in [6.45, 7) is 0. The summed E-state index contributed by atoms with van der Waals surface area (Å²) in [5.41, 5.74) is 3.69. The van der Waals surface area contributed by atoms with Crippen LogP contribution in [0.1, 0.15) is 5.56 Å². The van der Waals surface area contributed by atoms with E-state index in [1.54, 1.807) is 30.9 Å². The highest BCUT2D eigenvalue weighted by atomic mass is 16.1. The molecule has 0 atom stereocenters. The smallest absolute Gasteiger partial charge is 0.228 e. The van der Waals surface area contributed by atoms with Crippen LogP contribution in [0.15, 0.2) is 36.9 Å². The maximum absolute atomic E-state index is 11.7. The van der Waals surface area contributed by atoms with Gasteiger partial charge in [-0.3, -0.25) is 14.8 Å². The summed E-state index contributed by atoms with van der Waals surface area (Å²) in [5, 5.41) is 2.86. The number of carbonyl (C=O) groups excluding carboxylic acids is 1. The molecular formula is C12H9N3O. The molecule has 0 saturated heterocycles. The fourth-order valence-electron chi connectivity index (χ4n) is 1.91. The molecule has 2 aromatic rings. The van der Waals surface area contributed by atoms with Crippen LogP contribution in [0.25, 0.3) is 11.1 Å². The molecule has 1 aliphatic rings. The van der Waals surface area contributed by atoms with Crippen LogP contribution in [0, 0.1) is 0 Å². The number of fused-ring (bicyclic) bond motifs is 3. The highest BCUT2D eigenvalue weighted by Gasteiger charge is 2.18. The Labute approximate surface area is 92.4 Å². The lowest BCUT2D eigenvalue weighted by molar-refractivity contribution is -0.115. The van der Waals surface area contributed by atoms with Crippen molar-refractivity contribution in [2.45, 2.75) is 6.42 Å². The molecule has 3 heterocycles. The van der Waals surface area contributed by atoms with Gasteiger partial charge in [0.2, 0.25) is 5.91 Å². The molecule has 0 unspecified atom stereocenters. The van der Waals surface area contributed by atoms with Crippen molar-refractivity contribution < 1.29 is 4.79 Å². The summed E-state index contributed by atoms with van der Waals surface area (Å²) in [5.74, 6) is -0.00241. The molecule has 0 saturated carbocycles. The van der Waals surface area contributed by atoms with Crippen molar-refractivity contribution in [1.82, 2.24) is 9.97 Å². The van der Waals surface area contributed by atoms with E-state index in [0.29, 0.717) is 6.42 Å². The van der Waals surface area contributed by atoms with E-state index in [9.17, 15) is 4.79 Å². The second kappa shape index (κ2) is 3.41. The van der Waals surface area contributed by atoms with Crippen LogP contribution < -0.4 is 5.32 Å². The zero-order valence-electron chi connectivity index (χ0n) is 8.47. The minimum absolute atomic E-state index is 0.00241. The Bertz CT molecular complexity index is 516. The Kier molecular flexibility index (Phi) is 1.93. The molecule has 0 spiro atoms. The van der Waals surface area contributed by atoms with Crippen LogP contribution in [0.5, 0.6) is 0 Å². The molecule has 4 nitrogen and oxygen atoms in total. The summed E-state index contributed by atoms with van der Waals surface area (Å²) < 4.78 is 0. The SMILES string of the molecule is O=C1Cc2ccncc2-c2cnccc2N1. The third-order valence-electron chi connectivity index (χ3n) is 2.65. The van der Waals surface area contributed by atoms with E-state index in [1.807, 2.05) is 6.07 Å². The summed E-state index contributed by atoms with van der Waals surface area (Å²) >= 11 is 0. The Morgan fingerprint density at radius 2 is 1.81 bits per heavy atom. The average Bonchev–Trinajstić information content (AvgIpc) is 2.44. The van der Waals surface area contributed by atoms with Gasteiger partial charge in [0.1, 0.15) is 0 Å². The molecule has 1 aliphatic heterocycles. The first-order valence-electron chi connectivity index (χ1n) is 5.02. The highest BCUT2D eigenvalue weighted by Crippen LogP contribution is 2.31. The van der Waals surface area contributed by atoms with Crippen LogP contribution >= 0.6 is 0 Å². The van der Waals surface area contributed by atoms with E-state index in [4.69, 9.17) is 0 Å². The largest absolute Gasteiger partial charge is 0.325 e. The lowest BCUT2D eigenvalue weighted by atomic mass is 10.0. The molecule has 1 N–H and O–H groups in total. The first-order valence-corrected chi connectivity index (χ1v) is 5.02. The quantitative estimate of drug-likeness (QED) is 0.720. The number of amides is 1. The van der Waals surface area contributed by atoms with E-state index in [-0.39, 0.29) is 5.91 Å². The molecule has 0 fully saturated rings. The van der Waals surface area contributed by atoms with Crippen LogP contribution in [-0.4, -0.2) is 15.9 Å².